The summed E-state index contributed by atoms with van der Waals surface area (Å²) in [4.78, 5) is 0.959. The largest absolute Gasteiger partial charge is 0.497 e. The van der Waals surface area contributed by atoms with Crippen molar-refractivity contribution in [1.29, 1.82) is 0 Å². The van der Waals surface area contributed by atoms with Gasteiger partial charge in [0, 0.05) is 28.6 Å². The van der Waals surface area contributed by atoms with Gasteiger partial charge >= 0.3 is 0 Å². The van der Waals surface area contributed by atoms with E-state index in [0.717, 1.165) is 33.1 Å². The minimum absolute atomic E-state index is 0.362. The minimum atomic E-state index is -3.54. The molecule has 9 heteroatoms. The molecule has 0 N–H and O–H groups in total. The Morgan fingerprint density at radius 1 is 1.03 bits per heavy atom. The second-order valence-electron chi connectivity index (χ2n) is 7.72. The molecule has 0 saturated carbocycles. The highest BCUT2D eigenvalue weighted by molar-refractivity contribution is 7.88. The maximum absolute atomic E-state index is 12.6. The molecule has 2 aromatic heterocycles. The van der Waals surface area contributed by atoms with Crippen LogP contribution >= 0.6 is 11.3 Å². The molecule has 0 amide bonds. The SMILES string of the molecule is COc1ccc(-c2nn(-c3ccccc3)cc2C2=NN(S(C)(=O)=O)[C@@H](c3cccs3)C2)cc1. The highest BCUT2D eigenvalue weighted by Crippen LogP contribution is 2.38. The molecule has 7 nitrogen and oxygen atoms in total. The Kier molecular flexibility index (Phi) is 5.51. The Balaban J connectivity index is 1.64. The molecule has 0 fully saturated rings. The second kappa shape index (κ2) is 8.49. The first-order chi connectivity index (χ1) is 15.9. The van der Waals surface area contributed by atoms with Gasteiger partial charge in [0.15, 0.2) is 0 Å². The fourth-order valence-electron chi connectivity index (χ4n) is 3.91. The summed E-state index contributed by atoms with van der Waals surface area (Å²) in [6.45, 7) is 0. The third-order valence-corrected chi connectivity index (χ3v) is 7.48. The van der Waals surface area contributed by atoms with Gasteiger partial charge < -0.3 is 4.74 Å². The van der Waals surface area contributed by atoms with Gasteiger partial charge in [-0.25, -0.2) is 13.1 Å². The van der Waals surface area contributed by atoms with Crippen molar-refractivity contribution in [2.75, 3.05) is 13.4 Å². The molecule has 4 aromatic rings. The van der Waals surface area contributed by atoms with Gasteiger partial charge in [-0.2, -0.15) is 14.6 Å². The highest BCUT2D eigenvalue weighted by atomic mass is 32.2. The van der Waals surface area contributed by atoms with Gasteiger partial charge in [0.1, 0.15) is 17.5 Å². The van der Waals surface area contributed by atoms with Crippen molar-refractivity contribution in [3.63, 3.8) is 0 Å². The number of sulfonamides is 1. The Bertz CT molecular complexity index is 1390. The number of ether oxygens (including phenoxy) is 1. The second-order valence-corrected chi connectivity index (χ2v) is 10.5. The monoisotopic (exact) mass is 478 g/mol. The molecule has 33 heavy (non-hydrogen) atoms. The highest BCUT2D eigenvalue weighted by Gasteiger charge is 2.36. The van der Waals surface area contributed by atoms with Gasteiger partial charge in [-0.15, -0.1) is 11.3 Å². The van der Waals surface area contributed by atoms with Crippen LogP contribution in [0.2, 0.25) is 0 Å². The summed E-state index contributed by atoms with van der Waals surface area (Å²) >= 11 is 1.53. The van der Waals surface area contributed by atoms with Crippen molar-refractivity contribution in [2.24, 2.45) is 5.10 Å². The molecule has 0 saturated heterocycles. The van der Waals surface area contributed by atoms with Crippen molar-refractivity contribution in [2.45, 2.75) is 12.5 Å². The van der Waals surface area contributed by atoms with Crippen molar-refractivity contribution in [3.8, 4) is 22.7 Å². The summed E-state index contributed by atoms with van der Waals surface area (Å²) < 4.78 is 33.4. The molecule has 1 aliphatic rings. The van der Waals surface area contributed by atoms with Crippen LogP contribution in [0.3, 0.4) is 0 Å². The van der Waals surface area contributed by atoms with E-state index in [1.54, 1.807) is 11.8 Å². The number of hydrazone groups is 1. The number of thiophene rings is 1. The van der Waals surface area contributed by atoms with Crippen LogP contribution in [0.5, 0.6) is 5.75 Å². The number of benzene rings is 2. The van der Waals surface area contributed by atoms with E-state index in [1.165, 1.54) is 22.0 Å². The number of methoxy groups -OCH3 is 1. The predicted octanol–water partition coefficient (Wildman–Crippen LogP) is 4.72. The van der Waals surface area contributed by atoms with E-state index in [4.69, 9.17) is 9.84 Å². The Morgan fingerprint density at radius 2 is 1.79 bits per heavy atom. The van der Waals surface area contributed by atoms with Crippen molar-refractivity contribution in [3.05, 3.63) is 88.7 Å². The molecule has 2 aromatic carbocycles. The van der Waals surface area contributed by atoms with E-state index in [-0.39, 0.29) is 6.04 Å². The molecule has 3 heterocycles. The fraction of sp³-hybridized carbons (Fsp3) is 0.167. The zero-order valence-corrected chi connectivity index (χ0v) is 19.8. The molecule has 0 unspecified atom stereocenters. The Hall–Kier alpha value is -3.43. The number of rotatable bonds is 6. The number of hydrogen-bond donors (Lipinski definition) is 0. The van der Waals surface area contributed by atoms with E-state index in [2.05, 4.69) is 5.10 Å². The van der Waals surface area contributed by atoms with Crippen LogP contribution in [0.4, 0.5) is 0 Å². The van der Waals surface area contributed by atoms with Crippen LogP contribution in [0.25, 0.3) is 16.9 Å². The van der Waals surface area contributed by atoms with Crippen LogP contribution in [0, 0.1) is 0 Å². The van der Waals surface area contributed by atoms with Gasteiger partial charge in [-0.05, 0) is 47.8 Å². The van der Waals surface area contributed by atoms with Crippen LogP contribution < -0.4 is 4.74 Å². The molecule has 0 radical (unpaired) electrons. The predicted molar refractivity (Wildman–Crippen MR) is 130 cm³/mol. The van der Waals surface area contributed by atoms with Gasteiger partial charge in [0.05, 0.1) is 24.8 Å². The summed E-state index contributed by atoms with van der Waals surface area (Å²) in [6.07, 6.45) is 3.58. The smallest absolute Gasteiger partial charge is 0.247 e. The average molecular weight is 479 g/mol. The molecule has 0 aliphatic carbocycles. The third-order valence-electron chi connectivity index (χ3n) is 5.49. The maximum atomic E-state index is 12.6. The molecule has 1 atom stereocenters. The summed E-state index contributed by atoms with van der Waals surface area (Å²) in [5.41, 5.74) is 4.03. The molecule has 168 valence electrons. The topological polar surface area (TPSA) is 76.8 Å². The average Bonchev–Trinajstić information content (AvgIpc) is 3.58. The maximum Gasteiger partial charge on any atom is 0.247 e. The number of hydrogen-bond acceptors (Lipinski definition) is 6. The minimum Gasteiger partial charge on any atom is -0.497 e. The van der Waals surface area contributed by atoms with Crippen molar-refractivity contribution in [1.82, 2.24) is 14.2 Å². The molecule has 1 aliphatic heterocycles. The molecule has 0 spiro atoms. The Morgan fingerprint density at radius 3 is 2.42 bits per heavy atom. The number of aromatic nitrogens is 2. The van der Waals surface area contributed by atoms with Crippen LogP contribution in [0.1, 0.15) is 22.9 Å². The van der Waals surface area contributed by atoms with Crippen LogP contribution in [-0.4, -0.2) is 41.7 Å². The van der Waals surface area contributed by atoms with Crippen LogP contribution in [0.15, 0.2) is 83.4 Å². The quantitative estimate of drug-likeness (QED) is 0.402. The molecular weight excluding hydrogens is 456 g/mol. The first kappa shape index (κ1) is 21.4. The van der Waals surface area contributed by atoms with Gasteiger partial charge in [-0.3, -0.25) is 0 Å². The fourth-order valence-corrected chi connectivity index (χ4v) is 5.69. The van der Waals surface area contributed by atoms with E-state index >= 15 is 0 Å². The molecule has 5 rings (SSSR count). The zero-order valence-electron chi connectivity index (χ0n) is 18.1. The Labute approximate surface area is 196 Å². The van der Waals surface area contributed by atoms with Crippen LogP contribution in [-0.2, 0) is 10.0 Å². The zero-order chi connectivity index (χ0) is 23.0. The van der Waals surface area contributed by atoms with Crippen molar-refractivity contribution < 1.29 is 13.2 Å². The van der Waals surface area contributed by atoms with E-state index in [0.29, 0.717) is 12.1 Å². The van der Waals surface area contributed by atoms with E-state index < -0.39 is 10.0 Å². The van der Waals surface area contributed by atoms with Crippen molar-refractivity contribution >= 4 is 27.1 Å². The summed E-state index contributed by atoms with van der Waals surface area (Å²) in [7, 11) is -1.91. The van der Waals surface area contributed by atoms with Gasteiger partial charge in [-0.1, -0.05) is 24.3 Å². The van der Waals surface area contributed by atoms with E-state index in [1.807, 2.05) is 78.3 Å². The standard InChI is InChI=1S/C24H22N4O3S2/c1-31-19-12-10-17(11-13-19)24-20(16-27(26-24)18-7-4-3-5-8-18)21-15-22(23-9-6-14-32-23)28(25-21)33(2,29)30/h3-14,16,22H,15H2,1-2H3/t22-/m1/s1. The first-order valence-electron chi connectivity index (χ1n) is 10.3. The van der Waals surface area contributed by atoms with E-state index in [9.17, 15) is 8.42 Å². The third kappa shape index (κ3) is 4.17. The molecular formula is C24H22N4O3S2. The normalized spacial score (nSPS) is 16.1. The lowest BCUT2D eigenvalue weighted by atomic mass is 10.0. The first-order valence-corrected chi connectivity index (χ1v) is 13.1. The summed E-state index contributed by atoms with van der Waals surface area (Å²) in [5.74, 6) is 0.752. The number of para-hydroxylation sites is 1. The number of nitrogens with zero attached hydrogens (tertiary/aromatic N) is 4. The lowest BCUT2D eigenvalue weighted by molar-refractivity contribution is 0.379. The summed E-state index contributed by atoms with van der Waals surface area (Å²) in [6, 6.07) is 21.0. The summed E-state index contributed by atoms with van der Waals surface area (Å²) in [5, 5.41) is 11.4. The van der Waals surface area contributed by atoms with Gasteiger partial charge in [0.25, 0.3) is 0 Å². The lowest BCUT2D eigenvalue weighted by Crippen LogP contribution is -2.25. The molecule has 0 bridgehead atoms. The lowest BCUT2D eigenvalue weighted by Gasteiger charge is -2.19. The van der Waals surface area contributed by atoms with Gasteiger partial charge in [0.2, 0.25) is 10.0 Å².